The Hall–Kier alpha value is -2.90. The van der Waals surface area contributed by atoms with Gasteiger partial charge in [-0.05, 0) is 31.0 Å². The Balaban J connectivity index is 1.55. The van der Waals surface area contributed by atoms with Gasteiger partial charge in [-0.1, -0.05) is 24.2 Å². The van der Waals surface area contributed by atoms with E-state index in [0.717, 1.165) is 29.2 Å². The molecule has 0 radical (unpaired) electrons. The average Bonchev–Trinajstić information content (AvgIpc) is 3.30. The molecule has 0 aliphatic carbocycles. The predicted octanol–water partition coefficient (Wildman–Crippen LogP) is 2.91. The average molecular weight is 355 g/mol. The molecule has 2 aromatic heterocycles. The van der Waals surface area contributed by atoms with Crippen LogP contribution >= 0.6 is 0 Å². The van der Waals surface area contributed by atoms with E-state index in [9.17, 15) is 0 Å². The molecule has 0 N–H and O–H groups in total. The second kappa shape index (κ2) is 6.78. The third-order valence-electron chi connectivity index (χ3n) is 4.18. The Morgan fingerprint density at radius 3 is 2.73 bits per heavy atom. The van der Waals surface area contributed by atoms with Crippen molar-refractivity contribution in [1.29, 1.82) is 0 Å². The molecule has 26 heavy (non-hydrogen) atoms. The Kier molecular flexibility index (Phi) is 4.32. The van der Waals surface area contributed by atoms with Gasteiger partial charge in [-0.15, -0.1) is 5.10 Å². The lowest BCUT2D eigenvalue weighted by Gasteiger charge is -2.18. The van der Waals surface area contributed by atoms with Crippen molar-refractivity contribution in [2.24, 2.45) is 5.92 Å². The lowest BCUT2D eigenvalue weighted by atomic mass is 10.1. The highest BCUT2D eigenvalue weighted by atomic mass is 16.6. The Labute approximate surface area is 151 Å². The molecular formula is C18H21N5O3. The van der Waals surface area contributed by atoms with Crippen molar-refractivity contribution in [2.75, 3.05) is 13.2 Å². The van der Waals surface area contributed by atoms with Gasteiger partial charge in [0.15, 0.2) is 17.3 Å². The van der Waals surface area contributed by atoms with Crippen molar-refractivity contribution in [2.45, 2.75) is 33.2 Å². The highest BCUT2D eigenvalue weighted by molar-refractivity contribution is 5.63. The number of aromatic nitrogens is 5. The lowest BCUT2D eigenvalue weighted by molar-refractivity contribution is 0.171. The lowest BCUT2D eigenvalue weighted by Crippen LogP contribution is -2.15. The smallest absolute Gasteiger partial charge is 0.251 e. The van der Waals surface area contributed by atoms with Gasteiger partial charge < -0.3 is 14.0 Å². The molecule has 0 saturated heterocycles. The van der Waals surface area contributed by atoms with Crippen LogP contribution < -0.4 is 9.47 Å². The van der Waals surface area contributed by atoms with Crippen LogP contribution in [0.1, 0.15) is 38.5 Å². The quantitative estimate of drug-likeness (QED) is 0.695. The summed E-state index contributed by atoms with van der Waals surface area (Å²) in [5, 5.41) is 12.5. The molecule has 3 heterocycles. The molecule has 136 valence electrons. The zero-order valence-electron chi connectivity index (χ0n) is 15.0. The van der Waals surface area contributed by atoms with E-state index in [-0.39, 0.29) is 6.04 Å². The topological polar surface area (TPSA) is 88.1 Å². The molecule has 1 atom stereocenters. The number of hydrogen-bond acceptors (Lipinski definition) is 7. The summed E-state index contributed by atoms with van der Waals surface area (Å²) in [7, 11) is 0. The monoisotopic (exact) mass is 355 g/mol. The molecule has 8 nitrogen and oxygen atoms in total. The number of hydrogen-bond donors (Lipinski definition) is 0. The SMILES string of the molecule is CC(C)Cc1noc([C@@H](C)n2cc(-c3ccc4c(c3)OCCO4)nn2)n1. The van der Waals surface area contributed by atoms with Crippen molar-refractivity contribution >= 4 is 0 Å². The minimum atomic E-state index is -0.193. The molecule has 0 spiro atoms. The maximum atomic E-state index is 5.63. The van der Waals surface area contributed by atoms with E-state index in [1.807, 2.05) is 31.3 Å². The molecule has 0 saturated carbocycles. The summed E-state index contributed by atoms with van der Waals surface area (Å²) in [4.78, 5) is 4.46. The molecule has 3 aromatic rings. The highest BCUT2D eigenvalue weighted by Gasteiger charge is 2.19. The summed E-state index contributed by atoms with van der Waals surface area (Å²) >= 11 is 0. The van der Waals surface area contributed by atoms with Crippen LogP contribution in [-0.4, -0.2) is 38.3 Å². The fraction of sp³-hybridized carbons (Fsp3) is 0.444. The first kappa shape index (κ1) is 16.6. The van der Waals surface area contributed by atoms with E-state index < -0.39 is 0 Å². The predicted molar refractivity (Wildman–Crippen MR) is 93.1 cm³/mol. The van der Waals surface area contributed by atoms with Gasteiger partial charge in [0.05, 0.1) is 6.20 Å². The minimum absolute atomic E-state index is 0.193. The van der Waals surface area contributed by atoms with Crippen molar-refractivity contribution in [3.8, 4) is 22.8 Å². The normalized spacial score (nSPS) is 14.6. The van der Waals surface area contributed by atoms with E-state index >= 15 is 0 Å². The summed E-state index contributed by atoms with van der Waals surface area (Å²) < 4.78 is 18.3. The van der Waals surface area contributed by atoms with Gasteiger partial charge in [0.1, 0.15) is 24.9 Å². The van der Waals surface area contributed by atoms with E-state index in [2.05, 4.69) is 34.3 Å². The molecule has 1 aliphatic rings. The number of nitrogens with zero attached hydrogens (tertiary/aromatic N) is 5. The van der Waals surface area contributed by atoms with Gasteiger partial charge in [-0.3, -0.25) is 0 Å². The van der Waals surface area contributed by atoms with E-state index in [1.54, 1.807) is 4.68 Å². The van der Waals surface area contributed by atoms with Gasteiger partial charge >= 0.3 is 0 Å². The van der Waals surface area contributed by atoms with Crippen LogP contribution in [0.5, 0.6) is 11.5 Å². The third kappa shape index (κ3) is 3.26. The van der Waals surface area contributed by atoms with Gasteiger partial charge in [-0.2, -0.15) is 4.98 Å². The standard InChI is InChI=1S/C18H21N5O3/c1-11(2)8-17-19-18(26-21-17)12(3)23-10-14(20-22-23)13-4-5-15-16(9-13)25-7-6-24-15/h4-5,9-12H,6-8H2,1-3H3/t12-/m1/s1. The molecule has 0 fully saturated rings. The first-order chi connectivity index (χ1) is 12.6. The minimum Gasteiger partial charge on any atom is -0.486 e. The van der Waals surface area contributed by atoms with Gasteiger partial charge in [-0.25, -0.2) is 4.68 Å². The van der Waals surface area contributed by atoms with Crippen LogP contribution in [0.2, 0.25) is 0 Å². The van der Waals surface area contributed by atoms with E-state index in [4.69, 9.17) is 14.0 Å². The number of ether oxygens (including phenoxy) is 2. The molecule has 4 rings (SSSR count). The first-order valence-corrected chi connectivity index (χ1v) is 8.74. The first-order valence-electron chi connectivity index (χ1n) is 8.74. The number of fused-ring (bicyclic) bond motifs is 1. The van der Waals surface area contributed by atoms with Crippen LogP contribution in [0.4, 0.5) is 0 Å². The van der Waals surface area contributed by atoms with Crippen molar-refractivity contribution in [3.63, 3.8) is 0 Å². The molecule has 0 amide bonds. The highest BCUT2D eigenvalue weighted by Crippen LogP contribution is 2.34. The van der Waals surface area contributed by atoms with Gasteiger partial charge in [0.25, 0.3) is 5.89 Å². The summed E-state index contributed by atoms with van der Waals surface area (Å²) in [6, 6.07) is 5.56. The molecule has 1 aromatic carbocycles. The van der Waals surface area contributed by atoms with Crippen molar-refractivity contribution in [1.82, 2.24) is 25.1 Å². The zero-order chi connectivity index (χ0) is 18.1. The Morgan fingerprint density at radius 2 is 1.92 bits per heavy atom. The van der Waals surface area contributed by atoms with Crippen LogP contribution in [-0.2, 0) is 6.42 Å². The van der Waals surface area contributed by atoms with Crippen molar-refractivity contribution < 1.29 is 14.0 Å². The third-order valence-corrected chi connectivity index (χ3v) is 4.18. The maximum Gasteiger partial charge on any atom is 0.251 e. The fourth-order valence-corrected chi connectivity index (χ4v) is 2.80. The zero-order valence-corrected chi connectivity index (χ0v) is 15.0. The largest absolute Gasteiger partial charge is 0.486 e. The maximum absolute atomic E-state index is 5.63. The fourth-order valence-electron chi connectivity index (χ4n) is 2.80. The second-order valence-electron chi connectivity index (χ2n) is 6.77. The van der Waals surface area contributed by atoms with Crippen LogP contribution in [0.25, 0.3) is 11.3 Å². The van der Waals surface area contributed by atoms with Crippen LogP contribution in [0.3, 0.4) is 0 Å². The van der Waals surface area contributed by atoms with E-state index in [1.165, 1.54) is 0 Å². The molecule has 8 heteroatoms. The Morgan fingerprint density at radius 1 is 1.12 bits per heavy atom. The van der Waals surface area contributed by atoms with Crippen molar-refractivity contribution in [3.05, 3.63) is 36.1 Å². The van der Waals surface area contributed by atoms with Gasteiger partial charge in [0, 0.05) is 12.0 Å². The molecule has 0 unspecified atom stereocenters. The second-order valence-corrected chi connectivity index (χ2v) is 6.77. The molecule has 1 aliphatic heterocycles. The van der Waals surface area contributed by atoms with Crippen LogP contribution in [0, 0.1) is 5.92 Å². The Bertz CT molecular complexity index is 902. The number of rotatable bonds is 5. The summed E-state index contributed by atoms with van der Waals surface area (Å²) in [5.41, 5.74) is 1.66. The summed E-state index contributed by atoms with van der Waals surface area (Å²) in [5.74, 6) is 3.20. The number of benzene rings is 1. The van der Waals surface area contributed by atoms with Crippen LogP contribution in [0.15, 0.2) is 28.9 Å². The van der Waals surface area contributed by atoms with Gasteiger partial charge in [0.2, 0.25) is 0 Å². The summed E-state index contributed by atoms with van der Waals surface area (Å²) in [6.07, 6.45) is 2.65. The molecular weight excluding hydrogens is 334 g/mol. The van der Waals surface area contributed by atoms with E-state index in [0.29, 0.717) is 30.8 Å². The molecule has 0 bridgehead atoms. The summed E-state index contributed by atoms with van der Waals surface area (Å²) in [6.45, 7) is 7.32.